The van der Waals surface area contributed by atoms with Crippen molar-refractivity contribution in [3.05, 3.63) is 35.4 Å². The highest BCUT2D eigenvalue weighted by molar-refractivity contribution is 5.79. The summed E-state index contributed by atoms with van der Waals surface area (Å²) in [6.45, 7) is 3.45. The molecule has 1 amide bonds. The van der Waals surface area contributed by atoms with Gasteiger partial charge in [0.1, 0.15) is 6.54 Å². The molecule has 0 aliphatic rings. The quantitative estimate of drug-likeness (QED) is 0.718. The van der Waals surface area contributed by atoms with Crippen LogP contribution in [-0.4, -0.2) is 30.1 Å². The molecule has 8 heteroatoms. The Labute approximate surface area is 136 Å². The number of alkyl halides is 6. The fraction of sp³-hybridized carbons (Fsp3) is 0.562. The van der Waals surface area contributed by atoms with E-state index in [1.54, 1.807) is 20.8 Å². The number of hydrogen-bond acceptors (Lipinski definition) is 1. The number of benzene rings is 1. The number of carbonyl (C=O) groups is 1. The maximum atomic E-state index is 12.7. The molecule has 0 heterocycles. The fourth-order valence-corrected chi connectivity index (χ4v) is 2.17. The molecule has 0 atom stereocenters. The molecule has 0 unspecified atom stereocenters. The normalized spacial score (nSPS) is 13.0. The molecule has 1 rings (SSSR count). The maximum Gasteiger partial charge on any atom is 0.416 e. The Morgan fingerprint density at radius 1 is 1.00 bits per heavy atom. The molecule has 1 aromatic rings. The SMILES string of the molecule is CC(C)(C)CN(CC(F)(F)F)C(=O)Cc1cccc(C(F)(F)F)c1. The van der Waals surface area contributed by atoms with Crippen LogP contribution >= 0.6 is 0 Å². The second kappa shape index (κ2) is 7.03. The Bertz CT molecular complexity index is 555. The lowest BCUT2D eigenvalue weighted by molar-refractivity contribution is -0.163. The van der Waals surface area contributed by atoms with E-state index in [9.17, 15) is 31.1 Å². The number of nitrogens with zero attached hydrogens (tertiary/aromatic N) is 1. The third kappa shape index (κ3) is 7.23. The van der Waals surface area contributed by atoms with E-state index in [1.807, 2.05) is 0 Å². The van der Waals surface area contributed by atoms with E-state index in [0.717, 1.165) is 18.2 Å². The molecule has 0 bridgehead atoms. The predicted octanol–water partition coefficient (Wildman–Crippen LogP) is 4.68. The molecule has 0 spiro atoms. The minimum absolute atomic E-state index is 0.0240. The third-order valence-corrected chi connectivity index (χ3v) is 3.00. The van der Waals surface area contributed by atoms with Crippen molar-refractivity contribution in [3.63, 3.8) is 0 Å². The van der Waals surface area contributed by atoms with Crippen LogP contribution in [0.4, 0.5) is 26.3 Å². The highest BCUT2D eigenvalue weighted by Crippen LogP contribution is 2.30. The molecule has 24 heavy (non-hydrogen) atoms. The molecule has 136 valence electrons. The van der Waals surface area contributed by atoms with Crippen LogP contribution in [0.3, 0.4) is 0 Å². The summed E-state index contributed by atoms with van der Waals surface area (Å²) < 4.78 is 76.0. The van der Waals surface area contributed by atoms with Crippen molar-refractivity contribution < 1.29 is 31.1 Å². The Morgan fingerprint density at radius 2 is 1.58 bits per heavy atom. The summed E-state index contributed by atoms with van der Waals surface area (Å²) in [5, 5.41) is 0. The third-order valence-electron chi connectivity index (χ3n) is 3.00. The summed E-state index contributed by atoms with van der Waals surface area (Å²) in [5.74, 6) is -0.860. The lowest BCUT2D eigenvalue weighted by Gasteiger charge is -2.30. The van der Waals surface area contributed by atoms with Crippen molar-refractivity contribution in [3.8, 4) is 0 Å². The molecular weight excluding hydrogens is 336 g/mol. The van der Waals surface area contributed by atoms with Crippen LogP contribution in [0.1, 0.15) is 31.9 Å². The van der Waals surface area contributed by atoms with E-state index >= 15 is 0 Å². The lowest BCUT2D eigenvalue weighted by atomic mass is 9.95. The molecule has 0 aliphatic carbocycles. The predicted molar refractivity (Wildman–Crippen MR) is 77.2 cm³/mol. The molecule has 0 N–H and O–H groups in total. The maximum absolute atomic E-state index is 12.7. The van der Waals surface area contributed by atoms with Crippen LogP contribution in [0.25, 0.3) is 0 Å². The monoisotopic (exact) mass is 355 g/mol. The molecule has 0 aromatic heterocycles. The molecule has 0 fully saturated rings. The van der Waals surface area contributed by atoms with Gasteiger partial charge >= 0.3 is 12.4 Å². The van der Waals surface area contributed by atoms with Gasteiger partial charge in [0.25, 0.3) is 0 Å². The molecule has 0 saturated carbocycles. The Morgan fingerprint density at radius 3 is 2.04 bits per heavy atom. The highest BCUT2D eigenvalue weighted by atomic mass is 19.4. The van der Waals surface area contributed by atoms with E-state index in [4.69, 9.17) is 0 Å². The fourth-order valence-electron chi connectivity index (χ4n) is 2.17. The first-order valence-corrected chi connectivity index (χ1v) is 7.18. The van der Waals surface area contributed by atoms with Gasteiger partial charge in [-0.1, -0.05) is 39.0 Å². The van der Waals surface area contributed by atoms with E-state index in [2.05, 4.69) is 0 Å². The Kier molecular flexibility index (Phi) is 5.95. The second-order valence-electron chi connectivity index (χ2n) is 6.80. The van der Waals surface area contributed by atoms with Crippen molar-refractivity contribution in [2.75, 3.05) is 13.1 Å². The first-order chi connectivity index (χ1) is 10.7. The smallest absolute Gasteiger partial charge is 0.333 e. The average Bonchev–Trinajstić information content (AvgIpc) is 2.33. The Balaban J connectivity index is 2.95. The minimum atomic E-state index is -4.57. The van der Waals surface area contributed by atoms with Gasteiger partial charge in [-0.2, -0.15) is 26.3 Å². The zero-order valence-electron chi connectivity index (χ0n) is 13.6. The van der Waals surface area contributed by atoms with Crippen molar-refractivity contribution in [1.29, 1.82) is 0 Å². The number of carbonyl (C=O) groups excluding carboxylic acids is 1. The van der Waals surface area contributed by atoms with E-state index in [-0.39, 0.29) is 12.1 Å². The van der Waals surface area contributed by atoms with E-state index < -0.39 is 42.2 Å². The summed E-state index contributed by atoms with van der Waals surface area (Å²) in [7, 11) is 0. The standard InChI is InChI=1S/C16H19F6NO/c1-14(2,3)9-23(10-15(17,18)19)13(24)8-11-5-4-6-12(7-11)16(20,21)22/h4-7H,8-10H2,1-3H3. The van der Waals surface area contributed by atoms with Gasteiger partial charge in [0.15, 0.2) is 0 Å². The molecular formula is C16H19F6NO. The van der Waals surface area contributed by atoms with Gasteiger partial charge in [-0.25, -0.2) is 0 Å². The van der Waals surface area contributed by atoms with Crippen molar-refractivity contribution >= 4 is 5.91 Å². The van der Waals surface area contributed by atoms with Gasteiger partial charge < -0.3 is 4.90 Å². The van der Waals surface area contributed by atoms with Gasteiger partial charge in [-0.05, 0) is 17.0 Å². The number of amides is 1. The molecule has 0 radical (unpaired) electrons. The number of hydrogen-bond donors (Lipinski definition) is 0. The van der Waals surface area contributed by atoms with Gasteiger partial charge in [0, 0.05) is 6.54 Å². The van der Waals surface area contributed by atoms with Gasteiger partial charge in [0.05, 0.1) is 12.0 Å². The summed E-state index contributed by atoms with van der Waals surface area (Å²) in [5.41, 5.74) is -1.49. The number of rotatable bonds is 4. The van der Waals surface area contributed by atoms with Crippen LogP contribution in [-0.2, 0) is 17.4 Å². The van der Waals surface area contributed by atoms with Crippen LogP contribution in [0.5, 0.6) is 0 Å². The Hall–Kier alpha value is -1.73. The number of halogens is 6. The van der Waals surface area contributed by atoms with Gasteiger partial charge in [-0.15, -0.1) is 0 Å². The zero-order chi connectivity index (χ0) is 18.8. The first kappa shape index (κ1) is 20.3. The summed E-state index contributed by atoms with van der Waals surface area (Å²) in [6, 6.07) is 4.04. The molecule has 2 nitrogen and oxygen atoms in total. The summed E-state index contributed by atoms with van der Waals surface area (Å²) >= 11 is 0. The van der Waals surface area contributed by atoms with Crippen molar-refractivity contribution in [2.24, 2.45) is 5.41 Å². The van der Waals surface area contributed by atoms with Crippen LogP contribution in [0.2, 0.25) is 0 Å². The van der Waals surface area contributed by atoms with E-state index in [1.165, 1.54) is 6.07 Å². The second-order valence-corrected chi connectivity index (χ2v) is 6.80. The molecule has 0 saturated heterocycles. The lowest BCUT2D eigenvalue weighted by Crippen LogP contribution is -2.44. The summed E-state index contributed by atoms with van der Waals surface area (Å²) in [6.07, 6.45) is -9.67. The van der Waals surface area contributed by atoms with Gasteiger partial charge in [-0.3, -0.25) is 4.79 Å². The average molecular weight is 355 g/mol. The van der Waals surface area contributed by atoms with Gasteiger partial charge in [0.2, 0.25) is 5.91 Å². The van der Waals surface area contributed by atoms with Crippen molar-refractivity contribution in [2.45, 2.75) is 39.5 Å². The first-order valence-electron chi connectivity index (χ1n) is 7.18. The van der Waals surface area contributed by atoms with Crippen LogP contribution in [0.15, 0.2) is 24.3 Å². The van der Waals surface area contributed by atoms with Crippen LogP contribution < -0.4 is 0 Å². The topological polar surface area (TPSA) is 20.3 Å². The van der Waals surface area contributed by atoms with Crippen molar-refractivity contribution in [1.82, 2.24) is 4.90 Å². The molecule has 0 aliphatic heterocycles. The minimum Gasteiger partial charge on any atom is -0.333 e. The molecule has 1 aromatic carbocycles. The highest BCUT2D eigenvalue weighted by Gasteiger charge is 2.35. The van der Waals surface area contributed by atoms with E-state index in [0.29, 0.717) is 4.90 Å². The summed E-state index contributed by atoms with van der Waals surface area (Å²) in [4.78, 5) is 12.8. The van der Waals surface area contributed by atoms with Crippen LogP contribution in [0, 0.1) is 5.41 Å². The largest absolute Gasteiger partial charge is 0.416 e. The zero-order valence-corrected chi connectivity index (χ0v) is 13.6.